The molecule has 2 amide bonds. The number of benzene rings is 1. The van der Waals surface area contributed by atoms with Crippen molar-refractivity contribution in [1.29, 1.82) is 0 Å². The number of aromatic nitrogens is 3. The van der Waals surface area contributed by atoms with Crippen LogP contribution in [0.25, 0.3) is 5.69 Å². The number of carbonyl (C=O) groups excluding carboxylic acids is 2. The predicted octanol–water partition coefficient (Wildman–Crippen LogP) is 3.89. The molecule has 29 heavy (non-hydrogen) atoms. The second-order valence-electron chi connectivity index (χ2n) is 6.81. The van der Waals surface area contributed by atoms with Crippen molar-refractivity contribution in [3.63, 3.8) is 0 Å². The molecule has 0 fully saturated rings. The molecule has 7 nitrogen and oxygen atoms in total. The van der Waals surface area contributed by atoms with Gasteiger partial charge in [0.25, 0.3) is 0 Å². The van der Waals surface area contributed by atoms with Gasteiger partial charge in [-0.05, 0) is 35.6 Å². The van der Waals surface area contributed by atoms with Crippen LogP contribution in [-0.4, -0.2) is 32.3 Å². The van der Waals surface area contributed by atoms with Crippen LogP contribution < -0.4 is 10.6 Å². The van der Waals surface area contributed by atoms with E-state index in [4.69, 9.17) is 0 Å². The first-order chi connectivity index (χ1) is 13.9. The van der Waals surface area contributed by atoms with Gasteiger partial charge in [0, 0.05) is 17.5 Å². The summed E-state index contributed by atoms with van der Waals surface area (Å²) in [4.78, 5) is 25.0. The van der Waals surface area contributed by atoms with Gasteiger partial charge >= 0.3 is 0 Å². The third kappa shape index (κ3) is 5.68. The number of nitrogens with one attached hydrogen (secondary N) is 2. The first-order valence-electron chi connectivity index (χ1n) is 9.17. The molecule has 1 atom stereocenters. The lowest BCUT2D eigenvalue weighted by molar-refractivity contribution is -0.119. The minimum atomic E-state index is -0.136. The van der Waals surface area contributed by atoms with Crippen molar-refractivity contribution >= 4 is 40.6 Å². The van der Waals surface area contributed by atoms with Crippen molar-refractivity contribution in [3.8, 4) is 5.69 Å². The smallest absolute Gasteiger partial charge is 0.230 e. The molecule has 2 aromatic heterocycles. The number of rotatable bonds is 8. The second-order valence-corrected chi connectivity index (χ2v) is 8.73. The molecule has 1 aromatic carbocycles. The number of thioether (sulfide) groups is 1. The molecular formula is C20H23N5O2S2. The zero-order valence-electron chi connectivity index (χ0n) is 16.5. The summed E-state index contributed by atoms with van der Waals surface area (Å²) < 4.78 is 1.79. The molecule has 0 saturated carbocycles. The number of amides is 2. The van der Waals surface area contributed by atoms with Crippen LogP contribution >= 0.6 is 23.1 Å². The van der Waals surface area contributed by atoms with E-state index in [2.05, 4.69) is 34.7 Å². The Bertz CT molecular complexity index is 969. The number of hydrogen-bond acceptors (Lipinski definition) is 6. The highest BCUT2D eigenvalue weighted by Crippen LogP contribution is 2.26. The van der Waals surface area contributed by atoms with E-state index in [1.54, 1.807) is 22.2 Å². The Kier molecular flexibility index (Phi) is 7.05. The van der Waals surface area contributed by atoms with Crippen molar-refractivity contribution < 1.29 is 9.59 Å². The lowest BCUT2D eigenvalue weighted by Gasteiger charge is -2.21. The molecule has 0 aliphatic carbocycles. The van der Waals surface area contributed by atoms with Gasteiger partial charge < -0.3 is 10.6 Å². The van der Waals surface area contributed by atoms with E-state index in [1.807, 2.05) is 41.8 Å². The Morgan fingerprint density at radius 3 is 2.76 bits per heavy atom. The topological polar surface area (TPSA) is 88.9 Å². The molecule has 3 aromatic rings. The van der Waals surface area contributed by atoms with E-state index in [0.717, 1.165) is 10.6 Å². The summed E-state index contributed by atoms with van der Waals surface area (Å²) in [5.41, 5.74) is 1.50. The van der Waals surface area contributed by atoms with Gasteiger partial charge in [-0.3, -0.25) is 14.2 Å². The maximum Gasteiger partial charge on any atom is 0.230 e. The first kappa shape index (κ1) is 21.1. The number of nitrogens with zero attached hydrogens (tertiary/aromatic N) is 3. The number of anilines is 1. The SMILES string of the molecule is CC(=O)Nc1cccc(-n2cnnc2SCC(=O)N[C@@H](c2cccs2)C(C)C)c1. The third-order valence-electron chi connectivity index (χ3n) is 4.13. The highest BCUT2D eigenvalue weighted by atomic mass is 32.2. The zero-order valence-corrected chi connectivity index (χ0v) is 18.1. The van der Waals surface area contributed by atoms with Gasteiger partial charge in [-0.2, -0.15) is 0 Å². The van der Waals surface area contributed by atoms with Gasteiger partial charge in [0.15, 0.2) is 5.16 Å². The van der Waals surface area contributed by atoms with Crippen LogP contribution in [0.4, 0.5) is 5.69 Å². The quantitative estimate of drug-likeness (QED) is 0.530. The van der Waals surface area contributed by atoms with E-state index in [0.29, 0.717) is 16.8 Å². The Morgan fingerprint density at radius 1 is 1.24 bits per heavy atom. The molecule has 0 unspecified atom stereocenters. The summed E-state index contributed by atoms with van der Waals surface area (Å²) in [5.74, 6) is 0.340. The van der Waals surface area contributed by atoms with Crippen LogP contribution in [-0.2, 0) is 9.59 Å². The largest absolute Gasteiger partial charge is 0.347 e. The average Bonchev–Trinajstić information content (AvgIpc) is 3.35. The van der Waals surface area contributed by atoms with Crippen molar-refractivity contribution in [3.05, 3.63) is 53.0 Å². The van der Waals surface area contributed by atoms with E-state index in [9.17, 15) is 9.59 Å². The number of hydrogen-bond donors (Lipinski definition) is 2. The Morgan fingerprint density at radius 2 is 2.07 bits per heavy atom. The maximum absolute atomic E-state index is 12.5. The van der Waals surface area contributed by atoms with Crippen molar-refractivity contribution in [2.24, 2.45) is 5.92 Å². The zero-order chi connectivity index (χ0) is 20.8. The van der Waals surface area contributed by atoms with Gasteiger partial charge in [-0.25, -0.2) is 0 Å². The van der Waals surface area contributed by atoms with Crippen LogP contribution in [0, 0.1) is 5.92 Å². The fourth-order valence-corrected chi connectivity index (χ4v) is 4.51. The highest BCUT2D eigenvalue weighted by molar-refractivity contribution is 7.99. The van der Waals surface area contributed by atoms with E-state index >= 15 is 0 Å². The minimum Gasteiger partial charge on any atom is -0.347 e. The second kappa shape index (κ2) is 9.71. The summed E-state index contributed by atoms with van der Waals surface area (Å²) in [6.45, 7) is 5.65. The molecule has 0 aliphatic rings. The summed E-state index contributed by atoms with van der Waals surface area (Å²) in [5, 5.41) is 16.6. The van der Waals surface area contributed by atoms with Crippen LogP contribution in [0.15, 0.2) is 53.3 Å². The molecule has 9 heteroatoms. The molecule has 2 N–H and O–H groups in total. The van der Waals surface area contributed by atoms with E-state index < -0.39 is 0 Å². The first-order valence-corrected chi connectivity index (χ1v) is 11.0. The van der Waals surface area contributed by atoms with Crippen molar-refractivity contribution in [2.45, 2.75) is 32.0 Å². The van der Waals surface area contributed by atoms with Crippen LogP contribution in [0.3, 0.4) is 0 Å². The fraction of sp³-hybridized carbons (Fsp3) is 0.300. The molecule has 0 saturated heterocycles. The summed E-state index contributed by atoms with van der Waals surface area (Å²) in [6, 6.07) is 11.4. The van der Waals surface area contributed by atoms with Gasteiger partial charge in [0.2, 0.25) is 11.8 Å². The molecule has 2 heterocycles. The normalized spacial score (nSPS) is 12.0. The lowest BCUT2D eigenvalue weighted by Crippen LogP contribution is -2.32. The summed E-state index contributed by atoms with van der Waals surface area (Å²) in [6.07, 6.45) is 1.59. The van der Waals surface area contributed by atoms with Gasteiger partial charge in [0.05, 0.1) is 17.5 Å². The summed E-state index contributed by atoms with van der Waals surface area (Å²) >= 11 is 2.97. The molecule has 0 aliphatic heterocycles. The van der Waals surface area contributed by atoms with E-state index in [1.165, 1.54) is 18.7 Å². The van der Waals surface area contributed by atoms with Crippen LogP contribution in [0.5, 0.6) is 0 Å². The molecular weight excluding hydrogens is 406 g/mol. The Balaban J connectivity index is 1.66. The standard InChI is InChI=1S/C20H23N5O2S2/c1-13(2)19(17-8-5-9-28-17)23-18(27)11-29-20-24-21-12-25(20)16-7-4-6-15(10-16)22-14(3)26/h4-10,12-13,19H,11H2,1-3H3,(H,22,26)(H,23,27)/t19-/m1/s1. The van der Waals surface area contributed by atoms with Gasteiger partial charge in [-0.1, -0.05) is 37.7 Å². The van der Waals surface area contributed by atoms with Crippen molar-refractivity contribution in [1.82, 2.24) is 20.1 Å². The minimum absolute atomic E-state index is 0.00435. The lowest BCUT2D eigenvalue weighted by atomic mass is 10.0. The summed E-state index contributed by atoms with van der Waals surface area (Å²) in [7, 11) is 0. The molecule has 3 rings (SSSR count). The molecule has 0 radical (unpaired) electrons. The third-order valence-corrected chi connectivity index (χ3v) is 6.02. The highest BCUT2D eigenvalue weighted by Gasteiger charge is 2.20. The number of thiophene rings is 1. The molecule has 0 bridgehead atoms. The Hall–Kier alpha value is -2.65. The van der Waals surface area contributed by atoms with Crippen LogP contribution in [0.1, 0.15) is 31.7 Å². The predicted molar refractivity (Wildman–Crippen MR) is 116 cm³/mol. The fourth-order valence-electron chi connectivity index (χ4n) is 2.82. The number of carbonyl (C=O) groups is 2. The van der Waals surface area contributed by atoms with Gasteiger partial charge in [-0.15, -0.1) is 21.5 Å². The average molecular weight is 430 g/mol. The monoisotopic (exact) mass is 429 g/mol. The molecule has 152 valence electrons. The Labute approximate surface area is 177 Å². The van der Waals surface area contributed by atoms with E-state index in [-0.39, 0.29) is 23.6 Å². The molecule has 0 spiro atoms. The van der Waals surface area contributed by atoms with Gasteiger partial charge in [0.1, 0.15) is 6.33 Å². The maximum atomic E-state index is 12.5. The van der Waals surface area contributed by atoms with Crippen molar-refractivity contribution in [2.75, 3.05) is 11.1 Å². The van der Waals surface area contributed by atoms with Crippen LogP contribution in [0.2, 0.25) is 0 Å².